The number of allylic oxidation sites excluding steroid dienone is 1. The second kappa shape index (κ2) is 7.74. The standard InChI is InChI=1S/C20H18ClN5O2/c1-12-8-19(28-26-12)17(20(27)24-15-6-3-14(21)4-7-15)11-22-16-5-2-13-10-23-25-18(13)9-16/h2-11,13,18,22,25H,1H3,(H,24,27)/b17-11-. The van der Waals surface area contributed by atoms with Gasteiger partial charge in [0.2, 0.25) is 0 Å². The number of nitrogens with one attached hydrogen (secondary N) is 3. The summed E-state index contributed by atoms with van der Waals surface area (Å²) >= 11 is 5.90. The average molecular weight is 396 g/mol. The summed E-state index contributed by atoms with van der Waals surface area (Å²) in [6.07, 6.45) is 9.51. The Morgan fingerprint density at radius 3 is 2.89 bits per heavy atom. The Labute approximate surface area is 166 Å². The van der Waals surface area contributed by atoms with E-state index in [0.717, 1.165) is 5.70 Å². The number of carbonyl (C=O) groups excluding carboxylic acids is 1. The van der Waals surface area contributed by atoms with Gasteiger partial charge in [-0.05, 0) is 43.3 Å². The highest BCUT2D eigenvalue weighted by atomic mass is 35.5. The largest absolute Gasteiger partial charge is 0.361 e. The molecule has 2 aliphatic rings. The fraction of sp³-hybridized carbons (Fsp3) is 0.150. The van der Waals surface area contributed by atoms with E-state index in [1.165, 1.54) is 0 Å². The smallest absolute Gasteiger partial charge is 0.261 e. The predicted octanol–water partition coefficient (Wildman–Crippen LogP) is 3.23. The Balaban J connectivity index is 1.55. The van der Waals surface area contributed by atoms with Gasteiger partial charge in [-0.25, -0.2) is 0 Å². The SMILES string of the molecule is Cc1cc(/C(=C/NC2=CC3NN=CC3C=C2)C(=O)Nc2ccc(Cl)cc2)on1. The van der Waals surface area contributed by atoms with Crippen molar-refractivity contribution in [1.29, 1.82) is 0 Å². The number of nitrogens with zero attached hydrogens (tertiary/aromatic N) is 2. The van der Waals surface area contributed by atoms with Crippen LogP contribution in [0.25, 0.3) is 5.57 Å². The minimum absolute atomic E-state index is 0.111. The zero-order chi connectivity index (χ0) is 19.5. The van der Waals surface area contributed by atoms with Gasteiger partial charge in [0.05, 0.1) is 11.7 Å². The Morgan fingerprint density at radius 2 is 2.14 bits per heavy atom. The number of rotatable bonds is 5. The number of hydrazone groups is 1. The van der Waals surface area contributed by atoms with Crippen molar-refractivity contribution in [2.24, 2.45) is 11.0 Å². The number of carbonyl (C=O) groups is 1. The normalized spacial score (nSPS) is 20.4. The molecule has 1 aromatic carbocycles. The summed E-state index contributed by atoms with van der Waals surface area (Å²) in [5.74, 6) is 0.294. The molecule has 1 aliphatic heterocycles. The first-order valence-corrected chi connectivity index (χ1v) is 9.12. The van der Waals surface area contributed by atoms with Crippen molar-refractivity contribution in [2.75, 3.05) is 5.32 Å². The van der Waals surface area contributed by atoms with Gasteiger partial charge in [-0.1, -0.05) is 22.8 Å². The molecule has 7 nitrogen and oxygen atoms in total. The number of halogens is 1. The van der Waals surface area contributed by atoms with Crippen LogP contribution < -0.4 is 16.1 Å². The van der Waals surface area contributed by atoms with Crippen LogP contribution in [0.3, 0.4) is 0 Å². The van der Waals surface area contributed by atoms with Crippen molar-refractivity contribution in [3.05, 3.63) is 76.9 Å². The van der Waals surface area contributed by atoms with Crippen molar-refractivity contribution in [1.82, 2.24) is 15.9 Å². The number of benzene rings is 1. The first-order valence-electron chi connectivity index (χ1n) is 8.74. The van der Waals surface area contributed by atoms with Gasteiger partial charge in [0.15, 0.2) is 5.76 Å². The molecule has 8 heteroatoms. The van der Waals surface area contributed by atoms with Crippen LogP contribution in [0.4, 0.5) is 5.69 Å². The van der Waals surface area contributed by atoms with Crippen LogP contribution in [-0.2, 0) is 4.79 Å². The number of hydrogen-bond acceptors (Lipinski definition) is 6. The van der Waals surface area contributed by atoms with Crippen molar-refractivity contribution in [3.8, 4) is 0 Å². The summed E-state index contributed by atoms with van der Waals surface area (Å²) in [6, 6.07) is 8.71. The van der Waals surface area contributed by atoms with Crippen LogP contribution in [-0.4, -0.2) is 23.3 Å². The summed E-state index contributed by atoms with van der Waals surface area (Å²) in [7, 11) is 0. The maximum absolute atomic E-state index is 12.9. The van der Waals surface area contributed by atoms with E-state index in [0.29, 0.717) is 27.7 Å². The van der Waals surface area contributed by atoms with Crippen molar-refractivity contribution in [3.63, 3.8) is 0 Å². The highest BCUT2D eigenvalue weighted by Gasteiger charge is 2.23. The molecule has 2 heterocycles. The molecule has 0 radical (unpaired) electrons. The lowest BCUT2D eigenvalue weighted by Crippen LogP contribution is -2.28. The number of aromatic nitrogens is 1. The zero-order valence-corrected chi connectivity index (χ0v) is 15.8. The molecule has 142 valence electrons. The summed E-state index contributed by atoms with van der Waals surface area (Å²) in [4.78, 5) is 12.9. The van der Waals surface area contributed by atoms with Crippen LogP contribution in [0.5, 0.6) is 0 Å². The van der Waals surface area contributed by atoms with Gasteiger partial charge in [-0.2, -0.15) is 5.10 Å². The molecular formula is C20H18ClN5O2. The second-order valence-corrected chi connectivity index (χ2v) is 6.92. The molecular weight excluding hydrogens is 378 g/mol. The quantitative estimate of drug-likeness (QED) is 0.676. The maximum Gasteiger partial charge on any atom is 0.261 e. The molecule has 1 aromatic heterocycles. The van der Waals surface area contributed by atoms with Crippen LogP contribution in [0.2, 0.25) is 5.02 Å². The lowest BCUT2D eigenvalue weighted by Gasteiger charge is -2.17. The minimum atomic E-state index is -0.327. The van der Waals surface area contributed by atoms with Gasteiger partial charge in [-0.3, -0.25) is 4.79 Å². The third kappa shape index (κ3) is 3.99. The van der Waals surface area contributed by atoms with Crippen LogP contribution in [0.1, 0.15) is 11.5 Å². The van der Waals surface area contributed by atoms with E-state index in [-0.39, 0.29) is 17.9 Å². The van der Waals surface area contributed by atoms with Gasteiger partial charge in [0, 0.05) is 40.8 Å². The molecule has 3 N–H and O–H groups in total. The number of amides is 1. The Bertz CT molecular complexity index is 1000. The van der Waals surface area contributed by atoms with Crippen LogP contribution in [0.15, 0.2) is 70.1 Å². The van der Waals surface area contributed by atoms with E-state index < -0.39 is 0 Å². The first-order chi connectivity index (χ1) is 13.6. The maximum atomic E-state index is 12.9. The monoisotopic (exact) mass is 395 g/mol. The summed E-state index contributed by atoms with van der Waals surface area (Å²) in [5, 5.41) is 14.6. The molecule has 1 amide bonds. The lowest BCUT2D eigenvalue weighted by molar-refractivity contribution is -0.111. The van der Waals surface area contributed by atoms with E-state index in [4.69, 9.17) is 16.1 Å². The Kier molecular flexibility index (Phi) is 4.99. The Hall–Kier alpha value is -3.32. The lowest BCUT2D eigenvalue weighted by atomic mass is 9.96. The highest BCUT2D eigenvalue weighted by Crippen LogP contribution is 2.21. The van der Waals surface area contributed by atoms with Crippen molar-refractivity contribution < 1.29 is 9.32 Å². The van der Waals surface area contributed by atoms with E-state index in [1.54, 1.807) is 43.5 Å². The molecule has 0 fully saturated rings. The zero-order valence-electron chi connectivity index (χ0n) is 15.0. The summed E-state index contributed by atoms with van der Waals surface area (Å²) < 4.78 is 5.30. The topological polar surface area (TPSA) is 91.5 Å². The fourth-order valence-corrected chi connectivity index (χ4v) is 3.02. The summed E-state index contributed by atoms with van der Waals surface area (Å²) in [5.41, 5.74) is 5.52. The predicted molar refractivity (Wildman–Crippen MR) is 109 cm³/mol. The van der Waals surface area contributed by atoms with E-state index in [1.807, 2.05) is 18.4 Å². The van der Waals surface area contributed by atoms with Gasteiger partial charge in [0.25, 0.3) is 5.91 Å². The van der Waals surface area contributed by atoms with Gasteiger partial charge in [-0.15, -0.1) is 0 Å². The van der Waals surface area contributed by atoms with Crippen molar-refractivity contribution >= 4 is 35.0 Å². The molecule has 2 atom stereocenters. The average Bonchev–Trinajstić information content (AvgIpc) is 3.32. The second-order valence-electron chi connectivity index (χ2n) is 6.49. The summed E-state index contributed by atoms with van der Waals surface area (Å²) in [6.45, 7) is 1.80. The highest BCUT2D eigenvalue weighted by molar-refractivity contribution is 6.30. The van der Waals surface area contributed by atoms with E-state index in [2.05, 4.69) is 32.4 Å². The molecule has 28 heavy (non-hydrogen) atoms. The Morgan fingerprint density at radius 1 is 1.32 bits per heavy atom. The van der Waals surface area contributed by atoms with E-state index >= 15 is 0 Å². The molecule has 2 unspecified atom stereocenters. The van der Waals surface area contributed by atoms with Gasteiger partial charge in [0.1, 0.15) is 5.57 Å². The number of anilines is 1. The third-order valence-electron chi connectivity index (χ3n) is 4.37. The molecule has 1 aliphatic carbocycles. The van der Waals surface area contributed by atoms with Crippen LogP contribution in [0, 0.1) is 12.8 Å². The van der Waals surface area contributed by atoms with Crippen LogP contribution >= 0.6 is 11.6 Å². The molecule has 0 saturated carbocycles. The molecule has 0 spiro atoms. The van der Waals surface area contributed by atoms with Gasteiger partial charge >= 0.3 is 0 Å². The fourth-order valence-electron chi connectivity index (χ4n) is 2.90. The van der Waals surface area contributed by atoms with Gasteiger partial charge < -0.3 is 20.6 Å². The molecule has 2 aromatic rings. The van der Waals surface area contributed by atoms with E-state index in [9.17, 15) is 4.79 Å². The first kappa shape index (κ1) is 18.1. The molecule has 0 saturated heterocycles. The molecule has 0 bridgehead atoms. The number of aryl methyl sites for hydroxylation is 1. The van der Waals surface area contributed by atoms with Crippen molar-refractivity contribution in [2.45, 2.75) is 13.0 Å². The number of fused-ring (bicyclic) bond motifs is 1. The molecule has 4 rings (SSSR count). The number of hydrogen-bond donors (Lipinski definition) is 3. The minimum Gasteiger partial charge on any atom is -0.361 e. The third-order valence-corrected chi connectivity index (χ3v) is 4.62.